The molecule has 0 aliphatic heterocycles. The first kappa shape index (κ1) is 42.3. The molecule has 0 aliphatic carbocycles. The van der Waals surface area contributed by atoms with Gasteiger partial charge in [0.25, 0.3) is 0 Å². The van der Waals surface area contributed by atoms with Crippen LogP contribution in [0.3, 0.4) is 0 Å². The van der Waals surface area contributed by atoms with Gasteiger partial charge in [0.2, 0.25) is 0 Å². The lowest BCUT2D eigenvalue weighted by Gasteiger charge is -2.26. The van der Waals surface area contributed by atoms with Crippen molar-refractivity contribution in [2.45, 2.75) is 106 Å². The first-order chi connectivity index (χ1) is 33.6. The van der Waals surface area contributed by atoms with Crippen LogP contribution in [0.5, 0.6) is 5.75 Å². The Morgan fingerprint density at radius 2 is 1.28 bits per heavy atom. The summed E-state index contributed by atoms with van der Waals surface area (Å²) < 4.78 is 29.8. The number of phenols is 1. The van der Waals surface area contributed by atoms with Gasteiger partial charge < -0.3 is 5.11 Å². The lowest BCUT2D eigenvalue weighted by atomic mass is 9.78. The molecule has 0 saturated carbocycles. The number of aryl methyl sites for hydroxylation is 2. The van der Waals surface area contributed by atoms with Crippen molar-refractivity contribution in [3.63, 3.8) is 0 Å². The van der Waals surface area contributed by atoms with Crippen LogP contribution in [0.15, 0.2) is 158 Å². The molecule has 68 heavy (non-hydrogen) atoms. The number of aromatic hydroxyl groups is 1. The third-order valence-electron chi connectivity index (χ3n) is 13.4. The number of aromatic nitrogens is 3. The normalized spacial score (nSPS) is 13.0. The maximum Gasteiger partial charge on any atom is 0.149 e. The number of fused-ring (bicyclic) bond motifs is 1. The van der Waals surface area contributed by atoms with E-state index in [2.05, 4.69) is 179 Å². The second-order valence-corrected chi connectivity index (χ2v) is 21.2. The fourth-order valence-electron chi connectivity index (χ4n) is 9.49. The van der Waals surface area contributed by atoms with E-state index in [0.717, 1.165) is 83.5 Å². The van der Waals surface area contributed by atoms with Gasteiger partial charge in [-0.2, -0.15) is 0 Å². The van der Waals surface area contributed by atoms with Crippen molar-refractivity contribution in [2.75, 3.05) is 0 Å². The summed E-state index contributed by atoms with van der Waals surface area (Å²) in [7, 11) is 0. The molecule has 342 valence electrons. The van der Waals surface area contributed by atoms with Gasteiger partial charge in [0, 0.05) is 21.4 Å². The molecule has 7 aromatic carbocycles. The quantitative estimate of drug-likeness (QED) is 0.157. The van der Waals surface area contributed by atoms with Crippen molar-refractivity contribution in [3.05, 3.63) is 191 Å². The van der Waals surface area contributed by atoms with Crippen molar-refractivity contribution >= 4 is 11.0 Å². The van der Waals surface area contributed by atoms with Gasteiger partial charge in [-0.1, -0.05) is 178 Å². The monoisotopic (exact) mass is 895 g/mol. The minimum absolute atomic E-state index is 0.0106. The van der Waals surface area contributed by atoms with Crippen LogP contribution in [-0.4, -0.2) is 19.6 Å². The maximum absolute atomic E-state index is 12.4. The van der Waals surface area contributed by atoms with E-state index >= 15 is 0 Å². The Bertz CT molecular complexity index is 3440. The minimum atomic E-state index is -2.54. The van der Waals surface area contributed by atoms with Crippen molar-refractivity contribution < 1.29 is 9.22 Å². The molecule has 4 heteroatoms. The average Bonchev–Trinajstić information content (AvgIpc) is 3.72. The van der Waals surface area contributed by atoms with E-state index in [-0.39, 0.29) is 34.0 Å². The molecule has 0 fully saturated rings. The summed E-state index contributed by atoms with van der Waals surface area (Å²) in [4.78, 5) is 10.5. The first-order valence-electron chi connectivity index (χ1n) is 25.5. The zero-order valence-corrected chi connectivity index (χ0v) is 41.5. The SMILES string of the molecule is [2H]C([2H])([2H])c1cc(-c2c(-c3ccccc3)cccc2C(C)(C)C)ccc1-n1c(-c2cc(C(C)C)cc(C(C)C)c2O)nc2c(-c3cc(-c4cc(-c5ccc(C)cc5)ccn4)cc(C(C)(C)C)c3)cccc21. The number of rotatable bonds is 9. The Labute approximate surface area is 408 Å². The summed E-state index contributed by atoms with van der Waals surface area (Å²) >= 11 is 0. The van der Waals surface area contributed by atoms with Crippen LogP contribution in [0, 0.1) is 13.8 Å². The van der Waals surface area contributed by atoms with Gasteiger partial charge in [0.05, 0.1) is 28.0 Å². The van der Waals surface area contributed by atoms with E-state index in [1.54, 1.807) is 0 Å². The van der Waals surface area contributed by atoms with Crippen molar-refractivity contribution in [2.24, 2.45) is 0 Å². The van der Waals surface area contributed by atoms with E-state index in [1.807, 2.05) is 59.3 Å². The number of imidazole rings is 1. The summed E-state index contributed by atoms with van der Waals surface area (Å²) in [5.41, 5.74) is 17.3. The molecule has 9 aromatic rings. The Hall–Kier alpha value is -7.04. The van der Waals surface area contributed by atoms with E-state index < -0.39 is 6.85 Å². The summed E-state index contributed by atoms with van der Waals surface area (Å²) in [6, 6.07) is 52.2. The van der Waals surface area contributed by atoms with Crippen LogP contribution < -0.4 is 0 Å². The predicted octanol–water partition coefficient (Wildman–Crippen LogP) is 17.6. The van der Waals surface area contributed by atoms with Gasteiger partial charge >= 0.3 is 0 Å². The highest BCUT2D eigenvalue weighted by molar-refractivity contribution is 5.97. The third-order valence-corrected chi connectivity index (χ3v) is 13.4. The second-order valence-electron chi connectivity index (χ2n) is 21.2. The molecule has 0 spiro atoms. The van der Waals surface area contributed by atoms with Gasteiger partial charge in [-0.05, 0) is 152 Å². The zero-order valence-electron chi connectivity index (χ0n) is 44.5. The summed E-state index contributed by atoms with van der Waals surface area (Å²) in [5, 5.41) is 12.4. The van der Waals surface area contributed by atoms with Crippen molar-refractivity contribution in [1.82, 2.24) is 14.5 Å². The van der Waals surface area contributed by atoms with Crippen LogP contribution in [0.25, 0.3) is 83.9 Å². The van der Waals surface area contributed by atoms with Gasteiger partial charge in [0.1, 0.15) is 11.6 Å². The molecule has 0 bridgehead atoms. The lowest BCUT2D eigenvalue weighted by molar-refractivity contribution is 0.466. The molecule has 0 amide bonds. The summed E-state index contributed by atoms with van der Waals surface area (Å²) in [6.07, 6.45) is 1.88. The van der Waals surface area contributed by atoms with Crippen LogP contribution in [-0.2, 0) is 10.8 Å². The molecule has 2 heterocycles. The van der Waals surface area contributed by atoms with Gasteiger partial charge in [0.15, 0.2) is 0 Å². The highest BCUT2D eigenvalue weighted by Gasteiger charge is 2.27. The van der Waals surface area contributed by atoms with Crippen molar-refractivity contribution in [1.29, 1.82) is 0 Å². The Morgan fingerprint density at radius 1 is 0.574 bits per heavy atom. The molecular weight excluding hydrogens is 827 g/mol. The van der Waals surface area contributed by atoms with Crippen LogP contribution in [0.1, 0.15) is 119 Å². The van der Waals surface area contributed by atoms with E-state index in [4.69, 9.17) is 9.97 Å². The molecule has 0 aliphatic rings. The fraction of sp³-hybridized carbons (Fsp3) is 0.250. The Balaban J connectivity index is 1.34. The number of pyridine rings is 1. The number of para-hydroxylation sites is 1. The van der Waals surface area contributed by atoms with Crippen LogP contribution in [0.4, 0.5) is 0 Å². The number of nitrogens with zero attached hydrogens (tertiary/aromatic N) is 3. The summed E-state index contributed by atoms with van der Waals surface area (Å²) in [5.74, 6) is 0.761. The number of hydrogen-bond donors (Lipinski definition) is 1. The second kappa shape index (κ2) is 17.9. The molecule has 1 N–H and O–H groups in total. The first-order valence-corrected chi connectivity index (χ1v) is 24.0. The largest absolute Gasteiger partial charge is 0.507 e. The molecule has 0 atom stereocenters. The maximum atomic E-state index is 12.4. The highest BCUT2D eigenvalue weighted by Crippen LogP contribution is 2.45. The van der Waals surface area contributed by atoms with Crippen molar-refractivity contribution in [3.8, 4) is 78.6 Å². The van der Waals surface area contributed by atoms with Crippen LogP contribution in [0.2, 0.25) is 0 Å². The van der Waals surface area contributed by atoms with Gasteiger partial charge in [-0.25, -0.2) is 4.98 Å². The molecular formula is C64H65N3O. The third kappa shape index (κ3) is 8.81. The fourth-order valence-corrected chi connectivity index (χ4v) is 9.49. The van der Waals surface area contributed by atoms with Gasteiger partial charge in [-0.3, -0.25) is 9.55 Å². The highest BCUT2D eigenvalue weighted by atomic mass is 16.3. The average molecular weight is 895 g/mol. The molecule has 0 saturated heterocycles. The molecule has 9 rings (SSSR count). The smallest absolute Gasteiger partial charge is 0.149 e. The van der Waals surface area contributed by atoms with E-state index in [1.165, 1.54) is 5.56 Å². The molecule has 4 nitrogen and oxygen atoms in total. The van der Waals surface area contributed by atoms with E-state index in [9.17, 15) is 9.22 Å². The molecule has 2 aromatic heterocycles. The lowest BCUT2D eigenvalue weighted by Crippen LogP contribution is -2.13. The number of phenolic OH excluding ortho intramolecular Hbond substituents is 1. The topological polar surface area (TPSA) is 50.9 Å². The number of hydrogen-bond acceptors (Lipinski definition) is 3. The predicted molar refractivity (Wildman–Crippen MR) is 288 cm³/mol. The van der Waals surface area contributed by atoms with E-state index in [0.29, 0.717) is 22.6 Å². The Kier molecular flexibility index (Phi) is 11.1. The molecule has 0 radical (unpaired) electrons. The molecule has 0 unspecified atom stereocenters. The Morgan fingerprint density at radius 3 is 1.97 bits per heavy atom. The zero-order chi connectivity index (χ0) is 50.7. The van der Waals surface area contributed by atoms with Crippen LogP contribution >= 0.6 is 0 Å². The summed E-state index contributed by atoms with van der Waals surface area (Å²) in [6.45, 7) is 21.3. The standard InChI is InChI=1S/C64H65N3O/c1-39(2)47-36-53(40(3)4)61(68)54(37-47)62-66-60-52(48-33-49(35-50(34-48)63(7,8)9)56-38-45(30-31-65-56)43-26-24-41(5)25-27-43)21-17-23-58(60)67(62)57-29-28-46(32-42(57)6)59-51(44-18-14-13-15-19-44)20-16-22-55(59)64(10,11)12/h13-40,68H,1-12H3/i6D3. The number of benzene rings is 7. The van der Waals surface area contributed by atoms with Gasteiger partial charge in [-0.15, -0.1) is 0 Å². The minimum Gasteiger partial charge on any atom is -0.507 e.